The van der Waals surface area contributed by atoms with Crippen LogP contribution in [0.15, 0.2) is 18.2 Å². The molecule has 1 rings (SSSR count). The van der Waals surface area contributed by atoms with Crippen molar-refractivity contribution in [2.24, 2.45) is 0 Å². The minimum atomic E-state index is 1.13. The summed E-state index contributed by atoms with van der Waals surface area (Å²) in [7, 11) is 0. The lowest BCUT2D eigenvalue weighted by Crippen LogP contribution is -1.90. The van der Waals surface area contributed by atoms with Gasteiger partial charge in [-0.05, 0) is 31.1 Å². The molecule has 0 aromatic heterocycles. The van der Waals surface area contributed by atoms with Crippen molar-refractivity contribution in [1.29, 1.82) is 0 Å². The smallest absolute Gasteiger partial charge is 0.0184 e. The van der Waals surface area contributed by atoms with E-state index in [1.807, 2.05) is 11.8 Å². The van der Waals surface area contributed by atoms with Crippen molar-refractivity contribution in [2.45, 2.75) is 33.4 Å². The van der Waals surface area contributed by atoms with Gasteiger partial charge in [0.2, 0.25) is 0 Å². The van der Waals surface area contributed by atoms with Gasteiger partial charge in [-0.3, -0.25) is 0 Å². The van der Waals surface area contributed by atoms with Gasteiger partial charge in [-0.25, -0.2) is 0 Å². The van der Waals surface area contributed by atoms with E-state index in [2.05, 4.69) is 45.9 Å². The molecule has 0 amide bonds. The number of aryl methyl sites for hydroxylation is 2. The third kappa shape index (κ3) is 4.19. The maximum Gasteiger partial charge on any atom is 0.0184 e. The van der Waals surface area contributed by atoms with Gasteiger partial charge in [0.1, 0.15) is 0 Å². The molecule has 0 aliphatic rings. The molecule has 14 heavy (non-hydrogen) atoms. The van der Waals surface area contributed by atoms with E-state index < -0.39 is 0 Å². The fourth-order valence-corrected chi connectivity index (χ4v) is 2.44. The second-order valence-corrected chi connectivity index (χ2v) is 5.18. The van der Waals surface area contributed by atoms with Gasteiger partial charge in [0.25, 0.3) is 0 Å². The van der Waals surface area contributed by atoms with Crippen LogP contribution in [0.4, 0.5) is 0 Å². The molecule has 0 saturated heterocycles. The fraction of sp³-hybridized carbons (Fsp3) is 0.462. The van der Waals surface area contributed by atoms with E-state index >= 15 is 0 Å². The largest absolute Gasteiger partial charge is 0.157 e. The van der Waals surface area contributed by atoms with Crippen LogP contribution in [0.1, 0.15) is 30.5 Å². The summed E-state index contributed by atoms with van der Waals surface area (Å²) >= 11 is 1.99. The van der Waals surface area contributed by atoms with Crippen LogP contribution < -0.4 is 0 Å². The molecule has 0 aliphatic carbocycles. The predicted molar refractivity (Wildman–Crippen MR) is 66.7 cm³/mol. The van der Waals surface area contributed by atoms with E-state index in [9.17, 15) is 0 Å². The molecule has 0 aliphatic heterocycles. The zero-order chi connectivity index (χ0) is 10.6. The first kappa shape index (κ1) is 11.6. The predicted octanol–water partition coefficient (Wildman–Crippen LogP) is 4.15. The average Bonchev–Trinajstić information content (AvgIpc) is 2.01. The molecule has 1 aromatic carbocycles. The first-order valence-electron chi connectivity index (χ1n) is 5.02. The maximum absolute atomic E-state index is 2.28. The topological polar surface area (TPSA) is 0 Å². The van der Waals surface area contributed by atoms with Crippen LogP contribution in [0.3, 0.4) is 0 Å². The zero-order valence-electron chi connectivity index (χ0n) is 9.55. The van der Waals surface area contributed by atoms with E-state index in [1.54, 1.807) is 0 Å². The van der Waals surface area contributed by atoms with Crippen LogP contribution in [-0.4, -0.2) is 5.75 Å². The highest BCUT2D eigenvalue weighted by Crippen LogP contribution is 2.18. The van der Waals surface area contributed by atoms with E-state index in [0.29, 0.717) is 0 Å². The van der Waals surface area contributed by atoms with E-state index in [-0.39, 0.29) is 0 Å². The first-order valence-corrected chi connectivity index (χ1v) is 6.17. The first-order chi connectivity index (χ1) is 6.58. The third-order valence-electron chi connectivity index (χ3n) is 1.94. The van der Waals surface area contributed by atoms with Crippen LogP contribution in [0.25, 0.3) is 0 Å². The summed E-state index contributed by atoms with van der Waals surface area (Å²) in [5, 5.41) is 0. The molecule has 77 valence electrons. The molecule has 1 radical (unpaired) electrons. The van der Waals surface area contributed by atoms with Gasteiger partial charge in [0.15, 0.2) is 0 Å². The normalized spacial score (nSPS) is 10.9. The molecular formula is C13H19S. The van der Waals surface area contributed by atoms with Crippen molar-refractivity contribution >= 4 is 11.8 Å². The molecule has 0 nitrogen and oxygen atoms in total. The number of rotatable bonds is 4. The van der Waals surface area contributed by atoms with Gasteiger partial charge in [-0.2, -0.15) is 11.8 Å². The Morgan fingerprint density at radius 2 is 1.64 bits per heavy atom. The summed E-state index contributed by atoms with van der Waals surface area (Å²) in [6, 6.07) is 6.79. The van der Waals surface area contributed by atoms with Crippen LogP contribution in [0.5, 0.6) is 0 Å². The van der Waals surface area contributed by atoms with Crippen LogP contribution in [0.2, 0.25) is 0 Å². The molecule has 1 heteroatoms. The SMILES string of the molecule is C[C](C)CSCc1cc(C)cc(C)c1. The second kappa shape index (κ2) is 5.45. The molecular weight excluding hydrogens is 188 g/mol. The molecule has 0 N–H and O–H groups in total. The molecule has 0 saturated carbocycles. The number of thioether (sulfide) groups is 1. The lowest BCUT2D eigenvalue weighted by molar-refractivity contribution is 1.11. The highest BCUT2D eigenvalue weighted by molar-refractivity contribution is 7.98. The van der Waals surface area contributed by atoms with Gasteiger partial charge >= 0.3 is 0 Å². The van der Waals surface area contributed by atoms with Gasteiger partial charge < -0.3 is 0 Å². The Morgan fingerprint density at radius 1 is 1.07 bits per heavy atom. The highest BCUT2D eigenvalue weighted by Gasteiger charge is 1.98. The summed E-state index contributed by atoms with van der Waals surface area (Å²) < 4.78 is 0. The van der Waals surface area contributed by atoms with E-state index in [1.165, 1.54) is 28.4 Å². The number of benzene rings is 1. The average molecular weight is 207 g/mol. The van der Waals surface area contributed by atoms with Crippen molar-refractivity contribution in [3.63, 3.8) is 0 Å². The molecule has 0 spiro atoms. The summed E-state index contributed by atoms with van der Waals surface area (Å²) in [5.74, 6) is 3.81. The molecule has 0 bridgehead atoms. The molecule has 0 atom stereocenters. The lowest BCUT2D eigenvalue weighted by atomic mass is 10.1. The fourth-order valence-electron chi connectivity index (χ4n) is 1.53. The van der Waals surface area contributed by atoms with E-state index in [4.69, 9.17) is 0 Å². The minimum absolute atomic E-state index is 1.13. The van der Waals surface area contributed by atoms with Crippen LogP contribution in [0, 0.1) is 19.8 Å². The standard InChI is InChI=1S/C13H19S/c1-10(2)8-14-9-13-6-11(3)5-12(4)7-13/h5-7H,8-9H2,1-4H3. The van der Waals surface area contributed by atoms with Gasteiger partial charge in [-0.15, -0.1) is 0 Å². The lowest BCUT2D eigenvalue weighted by Gasteiger charge is -2.06. The third-order valence-corrected chi connectivity index (χ3v) is 3.26. The molecule has 0 unspecified atom stereocenters. The summed E-state index contributed by atoms with van der Waals surface area (Å²) in [4.78, 5) is 0. The quantitative estimate of drug-likeness (QED) is 0.714. The Morgan fingerprint density at radius 3 is 2.14 bits per heavy atom. The van der Waals surface area contributed by atoms with Gasteiger partial charge in [0, 0.05) is 5.75 Å². The summed E-state index contributed by atoms with van der Waals surface area (Å²) in [5.41, 5.74) is 4.20. The molecule has 1 aromatic rings. The van der Waals surface area contributed by atoms with Crippen molar-refractivity contribution < 1.29 is 0 Å². The Balaban J connectivity index is 2.50. The Labute approximate surface area is 92.1 Å². The molecule has 0 fully saturated rings. The maximum atomic E-state index is 2.28. The monoisotopic (exact) mass is 207 g/mol. The van der Waals surface area contributed by atoms with Crippen molar-refractivity contribution in [3.8, 4) is 0 Å². The van der Waals surface area contributed by atoms with Crippen molar-refractivity contribution in [2.75, 3.05) is 5.75 Å². The zero-order valence-corrected chi connectivity index (χ0v) is 10.4. The number of hydrogen-bond donors (Lipinski definition) is 0. The second-order valence-electron chi connectivity index (χ2n) is 4.20. The Hall–Kier alpha value is -0.430. The molecule has 0 heterocycles. The Bertz CT molecular complexity index is 269. The van der Waals surface area contributed by atoms with Gasteiger partial charge in [-0.1, -0.05) is 43.2 Å². The van der Waals surface area contributed by atoms with Crippen molar-refractivity contribution in [1.82, 2.24) is 0 Å². The summed E-state index contributed by atoms with van der Waals surface area (Å²) in [6.45, 7) is 8.71. The van der Waals surface area contributed by atoms with Crippen molar-refractivity contribution in [3.05, 3.63) is 40.8 Å². The highest BCUT2D eigenvalue weighted by atomic mass is 32.2. The summed E-state index contributed by atoms with van der Waals surface area (Å²) in [6.07, 6.45) is 0. The van der Waals surface area contributed by atoms with Gasteiger partial charge in [0.05, 0.1) is 0 Å². The van der Waals surface area contributed by atoms with Crippen LogP contribution in [-0.2, 0) is 5.75 Å². The Kier molecular flexibility index (Phi) is 4.53. The van der Waals surface area contributed by atoms with E-state index in [0.717, 1.165) is 5.75 Å². The minimum Gasteiger partial charge on any atom is -0.157 e. The van der Waals surface area contributed by atoms with Crippen LogP contribution >= 0.6 is 11.8 Å². The number of hydrogen-bond acceptors (Lipinski definition) is 1.